The van der Waals surface area contributed by atoms with Gasteiger partial charge >= 0.3 is 0 Å². The summed E-state index contributed by atoms with van der Waals surface area (Å²) in [6, 6.07) is 9.85. The predicted octanol–water partition coefficient (Wildman–Crippen LogP) is 3.96. The number of rotatable bonds is 3. The lowest BCUT2D eigenvalue weighted by molar-refractivity contribution is 0.0993. The molecule has 3 rings (SSSR count). The molecule has 0 aliphatic heterocycles. The van der Waals surface area contributed by atoms with E-state index < -0.39 is 0 Å². The van der Waals surface area contributed by atoms with Crippen molar-refractivity contribution >= 4 is 32.7 Å². The standard InChI is InChI=1S/C16H10BrFN2O/c17-16-11(2-1-3-12(16)18)9-15(21)10-4-5-13-14(8-10)20-7-6-19-13/h1-8H,9H2. The number of fused-ring (bicyclic) bond motifs is 1. The minimum Gasteiger partial charge on any atom is -0.294 e. The molecule has 0 saturated carbocycles. The van der Waals surface area contributed by atoms with E-state index in [1.54, 1.807) is 42.7 Å². The second-order valence-electron chi connectivity index (χ2n) is 4.57. The van der Waals surface area contributed by atoms with Crippen molar-refractivity contribution in [3.63, 3.8) is 0 Å². The van der Waals surface area contributed by atoms with Crippen LogP contribution in [0.2, 0.25) is 0 Å². The van der Waals surface area contributed by atoms with Crippen molar-refractivity contribution in [2.75, 3.05) is 0 Å². The van der Waals surface area contributed by atoms with Crippen molar-refractivity contribution in [2.24, 2.45) is 0 Å². The zero-order chi connectivity index (χ0) is 14.8. The molecule has 0 fully saturated rings. The second kappa shape index (κ2) is 5.69. The van der Waals surface area contributed by atoms with Gasteiger partial charge in [0.05, 0.1) is 15.5 Å². The average Bonchev–Trinajstić information content (AvgIpc) is 2.51. The van der Waals surface area contributed by atoms with Crippen LogP contribution in [-0.2, 0) is 6.42 Å². The van der Waals surface area contributed by atoms with E-state index in [4.69, 9.17) is 0 Å². The summed E-state index contributed by atoms with van der Waals surface area (Å²) in [5.41, 5.74) is 2.57. The molecule has 0 aliphatic carbocycles. The maximum absolute atomic E-state index is 13.5. The highest BCUT2D eigenvalue weighted by Crippen LogP contribution is 2.22. The Morgan fingerprint density at radius 2 is 1.86 bits per heavy atom. The van der Waals surface area contributed by atoms with Crippen LogP contribution in [0, 0.1) is 5.82 Å². The SMILES string of the molecule is O=C(Cc1cccc(F)c1Br)c1ccc2nccnc2c1. The van der Waals surface area contributed by atoms with Crippen LogP contribution < -0.4 is 0 Å². The Labute approximate surface area is 129 Å². The summed E-state index contributed by atoms with van der Waals surface area (Å²) in [5, 5.41) is 0. The fourth-order valence-corrected chi connectivity index (χ4v) is 2.50. The normalized spacial score (nSPS) is 10.8. The predicted molar refractivity (Wildman–Crippen MR) is 81.7 cm³/mol. The number of aromatic nitrogens is 2. The zero-order valence-corrected chi connectivity index (χ0v) is 12.5. The Bertz CT molecular complexity index is 835. The number of hydrogen-bond donors (Lipinski definition) is 0. The Morgan fingerprint density at radius 3 is 2.67 bits per heavy atom. The first-order valence-corrected chi connectivity index (χ1v) is 7.11. The molecular formula is C16H10BrFN2O. The summed E-state index contributed by atoms with van der Waals surface area (Å²) in [5.74, 6) is -0.460. The molecule has 0 amide bonds. The molecule has 0 N–H and O–H groups in total. The van der Waals surface area contributed by atoms with Crippen molar-refractivity contribution in [1.82, 2.24) is 9.97 Å². The van der Waals surface area contributed by atoms with Crippen molar-refractivity contribution in [3.8, 4) is 0 Å². The maximum atomic E-state index is 13.5. The molecule has 1 aromatic heterocycles. The summed E-state index contributed by atoms with van der Waals surface area (Å²) in [7, 11) is 0. The Hall–Kier alpha value is -2.14. The van der Waals surface area contributed by atoms with Crippen molar-refractivity contribution in [1.29, 1.82) is 0 Å². The molecule has 0 saturated heterocycles. The zero-order valence-electron chi connectivity index (χ0n) is 10.9. The van der Waals surface area contributed by atoms with Crippen LogP contribution in [0.25, 0.3) is 11.0 Å². The van der Waals surface area contributed by atoms with E-state index in [9.17, 15) is 9.18 Å². The van der Waals surface area contributed by atoms with Gasteiger partial charge in [0, 0.05) is 24.4 Å². The fourth-order valence-electron chi connectivity index (χ4n) is 2.10. The van der Waals surface area contributed by atoms with Crippen LogP contribution in [0.3, 0.4) is 0 Å². The van der Waals surface area contributed by atoms with E-state index in [-0.39, 0.29) is 18.0 Å². The smallest absolute Gasteiger partial charge is 0.167 e. The second-order valence-corrected chi connectivity index (χ2v) is 5.37. The summed E-state index contributed by atoms with van der Waals surface area (Å²) in [6.07, 6.45) is 3.32. The van der Waals surface area contributed by atoms with Gasteiger partial charge < -0.3 is 0 Å². The van der Waals surface area contributed by atoms with Crippen molar-refractivity contribution < 1.29 is 9.18 Å². The van der Waals surface area contributed by atoms with Gasteiger partial charge in [-0.3, -0.25) is 14.8 Å². The van der Waals surface area contributed by atoms with Gasteiger partial charge in [-0.05, 0) is 45.8 Å². The Morgan fingerprint density at radius 1 is 1.10 bits per heavy atom. The number of halogens is 2. The molecule has 0 spiro atoms. The highest BCUT2D eigenvalue weighted by atomic mass is 79.9. The van der Waals surface area contributed by atoms with E-state index in [1.165, 1.54) is 6.07 Å². The van der Waals surface area contributed by atoms with Crippen LogP contribution in [0.5, 0.6) is 0 Å². The number of Topliss-reactive ketones (excluding diaryl/α,β-unsaturated/α-hetero) is 1. The van der Waals surface area contributed by atoms with Gasteiger partial charge in [-0.1, -0.05) is 12.1 Å². The summed E-state index contributed by atoms with van der Waals surface area (Å²) in [4.78, 5) is 20.7. The lowest BCUT2D eigenvalue weighted by Crippen LogP contribution is -2.05. The number of ketones is 1. The fraction of sp³-hybridized carbons (Fsp3) is 0.0625. The van der Waals surface area contributed by atoms with Gasteiger partial charge in [-0.15, -0.1) is 0 Å². The summed E-state index contributed by atoms with van der Waals surface area (Å²) < 4.78 is 13.8. The Kier molecular flexibility index (Phi) is 3.75. The third-order valence-electron chi connectivity index (χ3n) is 3.17. The summed E-state index contributed by atoms with van der Waals surface area (Å²) in [6.45, 7) is 0. The van der Waals surface area contributed by atoms with Crippen LogP contribution in [0.15, 0.2) is 53.3 Å². The minimum atomic E-state index is -0.371. The molecule has 0 bridgehead atoms. The molecule has 0 unspecified atom stereocenters. The van der Waals surface area contributed by atoms with Crippen LogP contribution in [-0.4, -0.2) is 15.8 Å². The molecule has 104 valence electrons. The molecule has 1 heterocycles. The third kappa shape index (κ3) is 2.83. The first kappa shape index (κ1) is 13.8. The highest BCUT2D eigenvalue weighted by Gasteiger charge is 2.12. The molecule has 21 heavy (non-hydrogen) atoms. The van der Waals surface area contributed by atoms with Gasteiger partial charge in [-0.2, -0.15) is 0 Å². The molecule has 0 aliphatic rings. The van der Waals surface area contributed by atoms with E-state index in [0.29, 0.717) is 21.1 Å². The Balaban J connectivity index is 1.91. The molecule has 2 aromatic carbocycles. The van der Waals surface area contributed by atoms with E-state index >= 15 is 0 Å². The first-order chi connectivity index (χ1) is 10.1. The lowest BCUT2D eigenvalue weighted by atomic mass is 10.0. The van der Waals surface area contributed by atoms with Gasteiger partial charge in [0.1, 0.15) is 5.82 Å². The number of nitrogens with zero attached hydrogens (tertiary/aromatic N) is 2. The molecule has 3 aromatic rings. The molecule has 0 radical (unpaired) electrons. The maximum Gasteiger partial charge on any atom is 0.167 e. The quantitative estimate of drug-likeness (QED) is 0.675. The number of benzene rings is 2. The molecule has 3 nitrogen and oxygen atoms in total. The largest absolute Gasteiger partial charge is 0.294 e. The van der Waals surface area contributed by atoms with Crippen LogP contribution in [0.4, 0.5) is 4.39 Å². The number of carbonyl (C=O) groups is 1. The molecule has 5 heteroatoms. The van der Waals surface area contributed by atoms with Gasteiger partial charge in [0.25, 0.3) is 0 Å². The highest BCUT2D eigenvalue weighted by molar-refractivity contribution is 9.10. The van der Waals surface area contributed by atoms with Crippen LogP contribution in [0.1, 0.15) is 15.9 Å². The summed E-state index contributed by atoms with van der Waals surface area (Å²) >= 11 is 3.17. The lowest BCUT2D eigenvalue weighted by Gasteiger charge is -2.05. The number of carbonyl (C=O) groups excluding carboxylic acids is 1. The van der Waals surface area contributed by atoms with Crippen molar-refractivity contribution in [2.45, 2.75) is 6.42 Å². The van der Waals surface area contributed by atoms with E-state index in [1.807, 2.05) is 0 Å². The van der Waals surface area contributed by atoms with Gasteiger partial charge in [0.15, 0.2) is 5.78 Å². The molecular weight excluding hydrogens is 335 g/mol. The molecule has 0 atom stereocenters. The van der Waals surface area contributed by atoms with Gasteiger partial charge in [0.2, 0.25) is 0 Å². The number of hydrogen-bond acceptors (Lipinski definition) is 3. The topological polar surface area (TPSA) is 42.9 Å². The van der Waals surface area contributed by atoms with E-state index in [0.717, 1.165) is 5.52 Å². The first-order valence-electron chi connectivity index (χ1n) is 6.32. The van der Waals surface area contributed by atoms with E-state index in [2.05, 4.69) is 25.9 Å². The van der Waals surface area contributed by atoms with Gasteiger partial charge in [-0.25, -0.2) is 4.39 Å². The van der Waals surface area contributed by atoms with Crippen molar-refractivity contribution in [3.05, 3.63) is 70.2 Å². The average molecular weight is 345 g/mol. The third-order valence-corrected chi connectivity index (χ3v) is 4.06. The van der Waals surface area contributed by atoms with Crippen LogP contribution >= 0.6 is 15.9 Å². The minimum absolute atomic E-state index is 0.0890. The monoisotopic (exact) mass is 344 g/mol.